The van der Waals surface area contributed by atoms with Crippen LogP contribution in [0.25, 0.3) is 0 Å². The van der Waals surface area contributed by atoms with Gasteiger partial charge in [0.25, 0.3) is 0 Å². The summed E-state index contributed by atoms with van der Waals surface area (Å²) in [7, 11) is 0. The van der Waals surface area contributed by atoms with Crippen molar-refractivity contribution in [3.63, 3.8) is 0 Å². The van der Waals surface area contributed by atoms with Crippen molar-refractivity contribution in [3.05, 3.63) is 34.3 Å². The van der Waals surface area contributed by atoms with Gasteiger partial charge in [-0.25, -0.2) is 0 Å². The van der Waals surface area contributed by atoms with E-state index in [-0.39, 0.29) is 12.0 Å². The number of carbonyl (C=O) groups is 1. The van der Waals surface area contributed by atoms with Crippen molar-refractivity contribution < 1.29 is 9.90 Å². The molecule has 0 radical (unpaired) electrons. The molecule has 1 heterocycles. The maximum atomic E-state index is 11.1. The third-order valence-corrected chi connectivity index (χ3v) is 4.66. The molecular weight excluding hydrogens is 306 g/mol. The van der Waals surface area contributed by atoms with Crippen LogP contribution in [0, 0.1) is 5.92 Å². The van der Waals surface area contributed by atoms with Crippen molar-refractivity contribution in [2.75, 3.05) is 6.54 Å². The molecule has 0 aliphatic carbocycles. The highest BCUT2D eigenvalue weighted by atomic mass is 79.9. The first-order valence-corrected chi connectivity index (χ1v) is 7.51. The zero-order valence-electron chi connectivity index (χ0n) is 11.3. The molecule has 2 rings (SSSR count). The van der Waals surface area contributed by atoms with Gasteiger partial charge in [-0.05, 0) is 50.9 Å². The number of rotatable bonds is 4. The number of hydrogen-bond donors (Lipinski definition) is 1. The third kappa shape index (κ3) is 3.37. The molecule has 1 N–H and O–H groups in total. The van der Waals surface area contributed by atoms with Crippen LogP contribution in [-0.4, -0.2) is 34.6 Å². The molecule has 0 amide bonds. The Morgan fingerprint density at radius 2 is 2.11 bits per heavy atom. The third-order valence-electron chi connectivity index (χ3n) is 4.13. The summed E-state index contributed by atoms with van der Waals surface area (Å²) in [4.78, 5) is 13.5. The number of nitrogens with zero attached hydrogens (tertiary/aromatic N) is 1. The molecule has 3 nitrogen and oxygen atoms in total. The average Bonchev–Trinajstić information content (AvgIpc) is 2.74. The van der Waals surface area contributed by atoms with Gasteiger partial charge in [-0.3, -0.25) is 9.69 Å². The zero-order chi connectivity index (χ0) is 14.0. The number of likely N-dealkylation sites (tertiary alicyclic amines) is 1. The summed E-state index contributed by atoms with van der Waals surface area (Å²) in [6.07, 6.45) is 1.73. The minimum Gasteiger partial charge on any atom is -0.481 e. The summed E-state index contributed by atoms with van der Waals surface area (Å²) < 4.78 is 1.09. The van der Waals surface area contributed by atoms with E-state index >= 15 is 0 Å². The highest BCUT2D eigenvalue weighted by molar-refractivity contribution is 9.10. The summed E-state index contributed by atoms with van der Waals surface area (Å²) in [5.74, 6) is -0.877. The minimum atomic E-state index is -0.661. The number of aliphatic carboxylic acids is 1. The fraction of sp³-hybridized carbons (Fsp3) is 0.533. The quantitative estimate of drug-likeness (QED) is 0.924. The molecule has 0 spiro atoms. The Kier molecular flexibility index (Phi) is 4.63. The summed E-state index contributed by atoms with van der Waals surface area (Å²) in [5.41, 5.74) is 1.29. The van der Waals surface area contributed by atoms with Crippen molar-refractivity contribution in [3.8, 4) is 0 Å². The van der Waals surface area contributed by atoms with Gasteiger partial charge in [-0.2, -0.15) is 0 Å². The predicted molar refractivity (Wildman–Crippen MR) is 79.2 cm³/mol. The molecule has 3 unspecified atom stereocenters. The van der Waals surface area contributed by atoms with Crippen LogP contribution in [0.2, 0.25) is 0 Å². The van der Waals surface area contributed by atoms with Gasteiger partial charge in [0.15, 0.2) is 0 Å². The first kappa shape index (κ1) is 14.5. The van der Waals surface area contributed by atoms with E-state index in [1.165, 1.54) is 5.56 Å². The first-order chi connectivity index (χ1) is 8.99. The average molecular weight is 326 g/mol. The molecule has 0 saturated carbocycles. The van der Waals surface area contributed by atoms with E-state index in [2.05, 4.69) is 52.0 Å². The van der Waals surface area contributed by atoms with Crippen LogP contribution in [0.5, 0.6) is 0 Å². The topological polar surface area (TPSA) is 40.5 Å². The van der Waals surface area contributed by atoms with E-state index in [1.807, 2.05) is 6.92 Å². The Morgan fingerprint density at radius 1 is 1.47 bits per heavy atom. The molecule has 1 aromatic carbocycles. The highest BCUT2D eigenvalue weighted by Crippen LogP contribution is 2.27. The van der Waals surface area contributed by atoms with Gasteiger partial charge in [0, 0.05) is 16.6 Å². The monoisotopic (exact) mass is 325 g/mol. The van der Waals surface area contributed by atoms with Crippen LogP contribution < -0.4 is 0 Å². The zero-order valence-corrected chi connectivity index (χ0v) is 12.9. The van der Waals surface area contributed by atoms with Crippen LogP contribution in [0.4, 0.5) is 0 Å². The molecule has 0 aromatic heterocycles. The maximum absolute atomic E-state index is 11.1. The van der Waals surface area contributed by atoms with Crippen molar-refractivity contribution in [1.29, 1.82) is 0 Å². The van der Waals surface area contributed by atoms with E-state index in [0.717, 1.165) is 23.9 Å². The Labute approximate surface area is 122 Å². The fourth-order valence-corrected chi connectivity index (χ4v) is 3.26. The van der Waals surface area contributed by atoms with Crippen LogP contribution in [-0.2, 0) is 11.2 Å². The van der Waals surface area contributed by atoms with E-state index in [0.29, 0.717) is 6.04 Å². The highest BCUT2D eigenvalue weighted by Gasteiger charge is 2.37. The van der Waals surface area contributed by atoms with Crippen molar-refractivity contribution in [1.82, 2.24) is 4.90 Å². The molecule has 4 heteroatoms. The molecule has 3 atom stereocenters. The lowest BCUT2D eigenvalue weighted by Crippen LogP contribution is -2.40. The van der Waals surface area contributed by atoms with Crippen molar-refractivity contribution >= 4 is 21.9 Å². The molecule has 1 fully saturated rings. The Hall–Kier alpha value is -0.870. The minimum absolute atomic E-state index is 0.128. The summed E-state index contributed by atoms with van der Waals surface area (Å²) >= 11 is 3.44. The Balaban J connectivity index is 1.99. The lowest BCUT2D eigenvalue weighted by Gasteiger charge is -2.29. The molecule has 19 heavy (non-hydrogen) atoms. The normalized spacial score (nSPS) is 25.4. The molecule has 1 aromatic rings. The fourth-order valence-electron chi connectivity index (χ4n) is 2.99. The van der Waals surface area contributed by atoms with Gasteiger partial charge in [0.05, 0.1) is 5.92 Å². The summed E-state index contributed by atoms with van der Waals surface area (Å²) in [6, 6.07) is 8.85. The Bertz CT molecular complexity index is 446. The van der Waals surface area contributed by atoms with Gasteiger partial charge < -0.3 is 5.11 Å². The largest absolute Gasteiger partial charge is 0.481 e. The lowest BCUT2D eigenvalue weighted by molar-refractivity contribution is -0.142. The van der Waals surface area contributed by atoms with Crippen LogP contribution in [0.3, 0.4) is 0 Å². The lowest BCUT2D eigenvalue weighted by atomic mass is 10.0. The van der Waals surface area contributed by atoms with Crippen LogP contribution >= 0.6 is 15.9 Å². The Morgan fingerprint density at radius 3 is 2.63 bits per heavy atom. The van der Waals surface area contributed by atoms with E-state index in [4.69, 9.17) is 0 Å². The number of hydrogen-bond acceptors (Lipinski definition) is 2. The number of carboxylic acid groups (broad SMARTS) is 1. The van der Waals surface area contributed by atoms with Gasteiger partial charge in [-0.15, -0.1) is 0 Å². The van der Waals surface area contributed by atoms with Gasteiger partial charge >= 0.3 is 5.97 Å². The van der Waals surface area contributed by atoms with Crippen LogP contribution in [0.15, 0.2) is 28.7 Å². The van der Waals surface area contributed by atoms with Gasteiger partial charge in [0.2, 0.25) is 0 Å². The predicted octanol–water partition coefficient (Wildman–Crippen LogP) is 3.18. The second-order valence-electron chi connectivity index (χ2n) is 5.39. The SMILES string of the molecule is CC(Cc1ccc(Br)cc1)N1CCC(C(=O)O)C1C. The summed E-state index contributed by atoms with van der Waals surface area (Å²) in [6.45, 7) is 5.10. The van der Waals surface area contributed by atoms with Gasteiger partial charge in [0.1, 0.15) is 0 Å². The standard InChI is InChI=1S/C15H20BrNO2/c1-10(9-12-3-5-13(16)6-4-12)17-8-7-14(11(17)2)15(18)19/h3-6,10-11,14H,7-9H2,1-2H3,(H,18,19). The number of carboxylic acids is 1. The molecule has 1 aliphatic rings. The van der Waals surface area contributed by atoms with Crippen molar-refractivity contribution in [2.45, 2.75) is 38.8 Å². The number of halogens is 1. The molecule has 104 valence electrons. The molecular formula is C15H20BrNO2. The number of benzene rings is 1. The second kappa shape index (κ2) is 6.06. The first-order valence-electron chi connectivity index (χ1n) is 6.72. The van der Waals surface area contributed by atoms with Crippen LogP contribution in [0.1, 0.15) is 25.8 Å². The molecule has 0 bridgehead atoms. The van der Waals surface area contributed by atoms with Gasteiger partial charge in [-0.1, -0.05) is 28.1 Å². The molecule has 1 aliphatic heterocycles. The van der Waals surface area contributed by atoms with E-state index in [9.17, 15) is 9.90 Å². The van der Waals surface area contributed by atoms with E-state index in [1.54, 1.807) is 0 Å². The summed E-state index contributed by atoms with van der Waals surface area (Å²) in [5, 5.41) is 9.17. The maximum Gasteiger partial charge on any atom is 0.308 e. The van der Waals surface area contributed by atoms with Crippen molar-refractivity contribution in [2.24, 2.45) is 5.92 Å². The second-order valence-corrected chi connectivity index (χ2v) is 6.31. The van der Waals surface area contributed by atoms with E-state index < -0.39 is 5.97 Å². The smallest absolute Gasteiger partial charge is 0.308 e. The molecule has 1 saturated heterocycles.